The van der Waals surface area contributed by atoms with Crippen molar-refractivity contribution in [3.63, 3.8) is 0 Å². The highest BCUT2D eigenvalue weighted by molar-refractivity contribution is 6.42. The third-order valence-electron chi connectivity index (χ3n) is 7.98. The maximum atomic E-state index is 13.6. The first kappa shape index (κ1) is 32.0. The van der Waals surface area contributed by atoms with E-state index in [2.05, 4.69) is 5.32 Å². The van der Waals surface area contributed by atoms with Gasteiger partial charge in [-0.25, -0.2) is 4.79 Å². The molecule has 1 heterocycles. The van der Waals surface area contributed by atoms with Gasteiger partial charge < -0.3 is 15.0 Å². The smallest absolute Gasteiger partial charge is 0.336 e. The van der Waals surface area contributed by atoms with E-state index in [0.717, 1.165) is 16.7 Å². The van der Waals surface area contributed by atoms with Gasteiger partial charge in [0.05, 0.1) is 34.8 Å². The molecule has 0 saturated carbocycles. The summed E-state index contributed by atoms with van der Waals surface area (Å²) in [6.45, 7) is 3.88. The molecular formula is C37H34Cl2N2O4. The van der Waals surface area contributed by atoms with E-state index >= 15 is 0 Å². The van der Waals surface area contributed by atoms with Crippen molar-refractivity contribution in [3.05, 3.63) is 152 Å². The molecule has 0 aliphatic carbocycles. The molecule has 45 heavy (non-hydrogen) atoms. The SMILES string of the molecule is CCOC(=O)C1=C(C)N(Cc2cccc(C(=O)N[C@@H](Cc3ccccc3)c3ccccc3)c2)C(=O)C[C@@H]1c1ccc(Cl)c(Cl)c1. The van der Waals surface area contributed by atoms with Gasteiger partial charge >= 0.3 is 5.97 Å². The minimum absolute atomic E-state index is 0.0574. The number of carbonyl (C=O) groups is 3. The number of halogens is 2. The number of allylic oxidation sites excluding steroid dienone is 1. The Morgan fingerprint density at radius 3 is 2.27 bits per heavy atom. The molecule has 0 unspecified atom stereocenters. The number of amides is 2. The fourth-order valence-corrected chi connectivity index (χ4v) is 6.02. The van der Waals surface area contributed by atoms with E-state index in [9.17, 15) is 14.4 Å². The Balaban J connectivity index is 1.40. The molecule has 2 atom stereocenters. The Morgan fingerprint density at radius 2 is 1.58 bits per heavy atom. The van der Waals surface area contributed by atoms with E-state index in [0.29, 0.717) is 38.9 Å². The van der Waals surface area contributed by atoms with Gasteiger partial charge in [0.25, 0.3) is 5.91 Å². The number of esters is 1. The molecule has 8 heteroatoms. The van der Waals surface area contributed by atoms with E-state index in [1.807, 2.05) is 66.7 Å². The molecule has 6 nitrogen and oxygen atoms in total. The minimum atomic E-state index is -0.529. The van der Waals surface area contributed by atoms with E-state index in [1.165, 1.54) is 0 Å². The molecule has 1 aliphatic rings. The molecule has 4 aromatic rings. The molecule has 1 N–H and O–H groups in total. The van der Waals surface area contributed by atoms with Gasteiger partial charge in [0, 0.05) is 23.6 Å². The molecule has 0 fully saturated rings. The van der Waals surface area contributed by atoms with E-state index in [4.69, 9.17) is 27.9 Å². The number of hydrogen-bond donors (Lipinski definition) is 1. The van der Waals surface area contributed by atoms with Crippen LogP contribution in [-0.2, 0) is 27.3 Å². The van der Waals surface area contributed by atoms with Crippen molar-refractivity contribution in [1.82, 2.24) is 10.2 Å². The quantitative estimate of drug-likeness (QED) is 0.178. The summed E-state index contributed by atoms with van der Waals surface area (Å²) in [7, 11) is 0. The molecule has 230 valence electrons. The second-order valence-corrected chi connectivity index (χ2v) is 11.8. The molecule has 0 bridgehead atoms. The number of rotatable bonds is 10. The second kappa shape index (κ2) is 14.6. The monoisotopic (exact) mass is 640 g/mol. The van der Waals surface area contributed by atoms with Crippen molar-refractivity contribution >= 4 is 41.0 Å². The van der Waals surface area contributed by atoms with Crippen molar-refractivity contribution in [2.24, 2.45) is 0 Å². The van der Waals surface area contributed by atoms with Crippen molar-refractivity contribution in [1.29, 1.82) is 0 Å². The zero-order valence-electron chi connectivity index (χ0n) is 25.1. The van der Waals surface area contributed by atoms with Crippen LogP contribution in [0.3, 0.4) is 0 Å². The number of nitrogens with one attached hydrogen (secondary N) is 1. The van der Waals surface area contributed by atoms with E-state index in [-0.39, 0.29) is 37.4 Å². The van der Waals surface area contributed by atoms with Crippen LogP contribution in [-0.4, -0.2) is 29.3 Å². The predicted octanol–water partition coefficient (Wildman–Crippen LogP) is 8.06. The fourth-order valence-electron chi connectivity index (χ4n) is 5.71. The Labute approximate surface area is 273 Å². The van der Waals surface area contributed by atoms with Gasteiger partial charge in [-0.05, 0) is 66.8 Å². The number of hydrogen-bond acceptors (Lipinski definition) is 4. The first-order valence-corrected chi connectivity index (χ1v) is 15.6. The molecule has 0 saturated heterocycles. The number of carbonyl (C=O) groups excluding carboxylic acids is 3. The van der Waals surface area contributed by atoms with Crippen LogP contribution in [0.4, 0.5) is 0 Å². The average Bonchev–Trinajstić information content (AvgIpc) is 3.05. The lowest BCUT2D eigenvalue weighted by molar-refractivity contribution is -0.140. The highest BCUT2D eigenvalue weighted by Gasteiger charge is 2.37. The third-order valence-corrected chi connectivity index (χ3v) is 8.72. The van der Waals surface area contributed by atoms with Crippen molar-refractivity contribution in [2.45, 2.75) is 45.2 Å². The molecule has 1 aliphatic heterocycles. The summed E-state index contributed by atoms with van der Waals surface area (Å²) < 4.78 is 5.41. The predicted molar refractivity (Wildman–Crippen MR) is 177 cm³/mol. The van der Waals surface area contributed by atoms with Gasteiger partial charge in [-0.3, -0.25) is 9.59 Å². The van der Waals surface area contributed by atoms with Crippen LogP contribution in [0.1, 0.15) is 64.8 Å². The van der Waals surface area contributed by atoms with E-state index < -0.39 is 11.9 Å². The molecule has 0 spiro atoms. The van der Waals surface area contributed by atoms with Crippen LogP contribution >= 0.6 is 23.2 Å². The Hall–Kier alpha value is -4.39. The summed E-state index contributed by atoms with van der Waals surface area (Å²) in [5, 5.41) is 3.94. The number of benzene rings is 4. The standard InChI is InChI=1S/C37H34Cl2N2O4/c1-3-45-37(44)35-24(2)41(34(42)22-30(35)28-17-18-31(38)32(39)21-28)23-26-13-10-16-29(19-26)36(43)40-33(27-14-8-5-9-15-27)20-25-11-6-4-7-12-25/h4-19,21,30,33H,3,20,22-23H2,1-2H3,(H,40,43)/t30-,33+/m1/s1. The molecule has 0 radical (unpaired) electrons. The van der Waals surface area contributed by atoms with Crippen LogP contribution in [0.25, 0.3) is 0 Å². The maximum Gasteiger partial charge on any atom is 0.336 e. The summed E-state index contributed by atoms with van der Waals surface area (Å²) in [4.78, 5) is 41.9. The van der Waals surface area contributed by atoms with Crippen LogP contribution in [0.2, 0.25) is 10.0 Å². The molecule has 0 aromatic heterocycles. The zero-order chi connectivity index (χ0) is 31.9. The molecular weight excluding hydrogens is 607 g/mol. The summed E-state index contributed by atoms with van der Waals surface area (Å²) in [6.07, 6.45) is 0.695. The lowest BCUT2D eigenvalue weighted by atomic mass is 9.83. The van der Waals surface area contributed by atoms with Crippen molar-refractivity contribution in [2.75, 3.05) is 6.61 Å². The number of nitrogens with zero attached hydrogens (tertiary/aromatic N) is 1. The van der Waals surface area contributed by atoms with Gasteiger partial charge in [0.1, 0.15) is 0 Å². The fraction of sp³-hybridized carbons (Fsp3) is 0.216. The Kier molecular flexibility index (Phi) is 10.4. The molecule has 2 amide bonds. The first-order chi connectivity index (χ1) is 21.7. The Bertz CT molecular complexity index is 1720. The lowest BCUT2D eigenvalue weighted by Crippen LogP contribution is -2.38. The van der Waals surface area contributed by atoms with Gasteiger partial charge in [-0.1, -0.05) is 102 Å². The van der Waals surface area contributed by atoms with Crippen LogP contribution in [0.5, 0.6) is 0 Å². The highest BCUT2D eigenvalue weighted by atomic mass is 35.5. The number of ether oxygens (including phenoxy) is 1. The highest BCUT2D eigenvalue weighted by Crippen LogP contribution is 2.39. The maximum absolute atomic E-state index is 13.6. The van der Waals surface area contributed by atoms with E-state index in [1.54, 1.807) is 55.1 Å². The zero-order valence-corrected chi connectivity index (χ0v) is 26.6. The summed E-state index contributed by atoms with van der Waals surface area (Å²) >= 11 is 12.4. The van der Waals surface area contributed by atoms with Gasteiger partial charge in [0.15, 0.2) is 0 Å². The largest absolute Gasteiger partial charge is 0.463 e. The van der Waals surface area contributed by atoms with Crippen molar-refractivity contribution < 1.29 is 19.1 Å². The van der Waals surface area contributed by atoms with Crippen LogP contribution in [0, 0.1) is 0 Å². The summed E-state index contributed by atoms with van der Waals surface area (Å²) in [5.74, 6) is -1.38. The minimum Gasteiger partial charge on any atom is -0.463 e. The molecule has 5 rings (SSSR count). The first-order valence-electron chi connectivity index (χ1n) is 14.9. The van der Waals surface area contributed by atoms with Gasteiger partial charge in [0.2, 0.25) is 5.91 Å². The third kappa shape index (κ3) is 7.64. The average molecular weight is 642 g/mol. The topological polar surface area (TPSA) is 75.7 Å². The van der Waals surface area contributed by atoms with Gasteiger partial charge in [-0.15, -0.1) is 0 Å². The molecule has 4 aromatic carbocycles. The normalized spacial score (nSPS) is 15.5. The van der Waals surface area contributed by atoms with Gasteiger partial charge in [-0.2, -0.15) is 0 Å². The summed E-state index contributed by atoms with van der Waals surface area (Å²) in [6, 6.07) is 32.0. The lowest BCUT2D eigenvalue weighted by Gasteiger charge is -2.34. The summed E-state index contributed by atoms with van der Waals surface area (Å²) in [5.41, 5.74) is 4.97. The Morgan fingerprint density at radius 1 is 0.889 bits per heavy atom. The second-order valence-electron chi connectivity index (χ2n) is 11.0. The van der Waals surface area contributed by atoms with Crippen molar-refractivity contribution in [3.8, 4) is 0 Å². The van der Waals surface area contributed by atoms with Crippen LogP contribution < -0.4 is 5.32 Å². The van der Waals surface area contributed by atoms with Crippen LogP contribution in [0.15, 0.2) is 114 Å².